The van der Waals surface area contributed by atoms with Crippen LogP contribution in [0.2, 0.25) is 0 Å². The molecule has 0 radical (unpaired) electrons. The Hall–Kier alpha value is -4.47. The SMILES string of the molecule is C=CCN(C(=O)C1N([C@@H](CO)CC(C)C)C(=O)[C@@H]2[C@H](C(=O)N(CC=C)c3ccc(OCC)cc3)[C@]3(C)CCC12O3)c1ccc2ccccc2c1. The summed E-state index contributed by atoms with van der Waals surface area (Å²) in [6, 6.07) is 19.4. The van der Waals surface area contributed by atoms with Gasteiger partial charge in [0.05, 0.1) is 36.7 Å². The van der Waals surface area contributed by atoms with Gasteiger partial charge in [0, 0.05) is 24.5 Å². The van der Waals surface area contributed by atoms with Crippen LogP contribution in [0.15, 0.2) is 92.0 Å². The van der Waals surface area contributed by atoms with E-state index in [1.54, 1.807) is 26.9 Å². The summed E-state index contributed by atoms with van der Waals surface area (Å²) < 4.78 is 12.6. The minimum atomic E-state index is -1.26. The lowest BCUT2D eigenvalue weighted by Crippen LogP contribution is -2.59. The number of carbonyl (C=O) groups excluding carboxylic acids is 3. The molecule has 3 aliphatic rings. The van der Waals surface area contributed by atoms with Gasteiger partial charge in [-0.1, -0.05) is 56.3 Å². The molecule has 50 heavy (non-hydrogen) atoms. The van der Waals surface area contributed by atoms with Crippen LogP contribution in [-0.2, 0) is 19.1 Å². The third kappa shape index (κ3) is 5.90. The van der Waals surface area contributed by atoms with Crippen molar-refractivity contribution in [3.05, 3.63) is 92.0 Å². The van der Waals surface area contributed by atoms with Gasteiger partial charge in [0.1, 0.15) is 17.4 Å². The van der Waals surface area contributed by atoms with E-state index in [2.05, 4.69) is 13.2 Å². The van der Waals surface area contributed by atoms with Crippen molar-refractivity contribution in [2.24, 2.45) is 17.8 Å². The molecular formula is C41H49N3O6. The first-order valence-electron chi connectivity index (χ1n) is 17.7. The molecule has 1 spiro atoms. The Bertz CT molecular complexity index is 1770. The van der Waals surface area contributed by atoms with Gasteiger partial charge in [-0.05, 0) is 86.2 Å². The largest absolute Gasteiger partial charge is 0.494 e. The van der Waals surface area contributed by atoms with Crippen LogP contribution in [-0.4, -0.2) is 77.3 Å². The van der Waals surface area contributed by atoms with Gasteiger partial charge in [-0.15, -0.1) is 13.2 Å². The fraction of sp³-hybridized carbons (Fsp3) is 0.439. The molecule has 0 saturated carbocycles. The summed E-state index contributed by atoms with van der Waals surface area (Å²) in [5.41, 5.74) is -0.923. The predicted octanol–water partition coefficient (Wildman–Crippen LogP) is 6.15. The van der Waals surface area contributed by atoms with Crippen molar-refractivity contribution in [2.45, 2.75) is 70.2 Å². The molecular weight excluding hydrogens is 630 g/mol. The first kappa shape index (κ1) is 35.4. The molecule has 1 N–H and O–H groups in total. The van der Waals surface area contributed by atoms with E-state index < -0.39 is 35.1 Å². The molecule has 264 valence electrons. The first-order valence-corrected chi connectivity index (χ1v) is 17.7. The highest BCUT2D eigenvalue weighted by molar-refractivity contribution is 6.07. The number of hydrogen-bond acceptors (Lipinski definition) is 6. The van der Waals surface area contributed by atoms with Crippen molar-refractivity contribution >= 4 is 39.9 Å². The predicted molar refractivity (Wildman–Crippen MR) is 196 cm³/mol. The molecule has 6 rings (SSSR count). The van der Waals surface area contributed by atoms with E-state index in [1.165, 1.54) is 0 Å². The second kappa shape index (κ2) is 14.0. The van der Waals surface area contributed by atoms with Crippen molar-refractivity contribution < 1.29 is 29.0 Å². The Morgan fingerprint density at radius 2 is 1.62 bits per heavy atom. The van der Waals surface area contributed by atoms with Crippen LogP contribution < -0.4 is 14.5 Å². The molecule has 9 nitrogen and oxygen atoms in total. The molecule has 2 unspecified atom stereocenters. The van der Waals surface area contributed by atoms with E-state index in [0.29, 0.717) is 43.0 Å². The van der Waals surface area contributed by atoms with E-state index in [4.69, 9.17) is 9.47 Å². The topological polar surface area (TPSA) is 99.6 Å². The van der Waals surface area contributed by atoms with Crippen LogP contribution in [0.1, 0.15) is 47.0 Å². The van der Waals surface area contributed by atoms with Crippen LogP contribution in [0.25, 0.3) is 10.8 Å². The highest BCUT2D eigenvalue weighted by atomic mass is 16.5. The number of amides is 3. The number of carbonyl (C=O) groups is 3. The number of fused-ring (bicyclic) bond motifs is 2. The summed E-state index contributed by atoms with van der Waals surface area (Å²) in [6.45, 7) is 16.3. The minimum Gasteiger partial charge on any atom is -0.494 e. The van der Waals surface area contributed by atoms with Gasteiger partial charge in [-0.3, -0.25) is 14.4 Å². The number of rotatable bonds is 14. The lowest BCUT2D eigenvalue weighted by molar-refractivity contribution is -0.148. The van der Waals surface area contributed by atoms with Crippen LogP contribution in [0.3, 0.4) is 0 Å². The van der Waals surface area contributed by atoms with Gasteiger partial charge in [-0.2, -0.15) is 0 Å². The maximum atomic E-state index is 15.2. The fourth-order valence-electron chi connectivity index (χ4n) is 8.69. The molecule has 3 aliphatic heterocycles. The summed E-state index contributed by atoms with van der Waals surface area (Å²) >= 11 is 0. The van der Waals surface area contributed by atoms with Crippen molar-refractivity contribution in [3.63, 3.8) is 0 Å². The van der Waals surface area contributed by atoms with E-state index in [1.807, 2.05) is 94.4 Å². The second-order valence-electron chi connectivity index (χ2n) is 14.4. The van der Waals surface area contributed by atoms with Gasteiger partial charge < -0.3 is 29.3 Å². The maximum Gasteiger partial charge on any atom is 0.253 e. The summed E-state index contributed by atoms with van der Waals surface area (Å²) in [5, 5.41) is 12.8. The molecule has 3 aromatic carbocycles. The summed E-state index contributed by atoms with van der Waals surface area (Å²) in [5.74, 6) is -1.85. The maximum absolute atomic E-state index is 15.2. The lowest BCUT2D eigenvalue weighted by atomic mass is 9.66. The lowest BCUT2D eigenvalue weighted by Gasteiger charge is -2.40. The highest BCUT2D eigenvalue weighted by Crippen LogP contribution is 2.64. The Labute approximate surface area is 295 Å². The Morgan fingerprint density at radius 1 is 0.980 bits per heavy atom. The van der Waals surface area contributed by atoms with Crippen molar-refractivity contribution in [3.8, 4) is 5.75 Å². The number of aliphatic hydroxyl groups is 1. The quantitative estimate of drug-likeness (QED) is 0.205. The summed E-state index contributed by atoms with van der Waals surface area (Å²) in [4.78, 5) is 49.9. The Kier molecular flexibility index (Phi) is 9.93. The van der Waals surface area contributed by atoms with Gasteiger partial charge in [0.25, 0.3) is 5.91 Å². The minimum absolute atomic E-state index is 0.133. The molecule has 3 fully saturated rings. The summed E-state index contributed by atoms with van der Waals surface area (Å²) in [7, 11) is 0. The molecule has 0 aliphatic carbocycles. The van der Waals surface area contributed by atoms with Crippen molar-refractivity contribution in [1.29, 1.82) is 0 Å². The van der Waals surface area contributed by atoms with Gasteiger partial charge in [0.15, 0.2) is 0 Å². The Balaban J connectivity index is 1.45. The molecule has 9 heteroatoms. The van der Waals surface area contributed by atoms with Crippen LogP contribution >= 0.6 is 0 Å². The van der Waals surface area contributed by atoms with E-state index >= 15 is 4.79 Å². The molecule has 6 atom stereocenters. The first-order chi connectivity index (χ1) is 24.0. The molecule has 3 aromatic rings. The zero-order valence-corrected chi connectivity index (χ0v) is 29.6. The average molecular weight is 680 g/mol. The molecule has 0 aromatic heterocycles. The number of likely N-dealkylation sites (tertiary alicyclic amines) is 1. The number of hydrogen-bond donors (Lipinski definition) is 1. The van der Waals surface area contributed by atoms with E-state index in [0.717, 1.165) is 10.8 Å². The third-order valence-electron chi connectivity index (χ3n) is 10.7. The van der Waals surface area contributed by atoms with Crippen LogP contribution in [0, 0.1) is 17.8 Å². The molecule has 3 heterocycles. The van der Waals surface area contributed by atoms with Gasteiger partial charge in [-0.25, -0.2) is 0 Å². The molecule has 2 bridgehead atoms. The van der Waals surface area contributed by atoms with Crippen LogP contribution in [0.4, 0.5) is 11.4 Å². The average Bonchev–Trinajstić information content (AvgIpc) is 3.68. The zero-order chi connectivity index (χ0) is 35.8. The highest BCUT2D eigenvalue weighted by Gasteiger charge is 2.79. The third-order valence-corrected chi connectivity index (χ3v) is 10.7. The number of anilines is 2. The number of ether oxygens (including phenoxy) is 2. The number of benzene rings is 3. The van der Waals surface area contributed by atoms with Gasteiger partial charge in [0.2, 0.25) is 11.8 Å². The fourth-order valence-corrected chi connectivity index (χ4v) is 8.69. The monoisotopic (exact) mass is 679 g/mol. The van der Waals surface area contributed by atoms with Gasteiger partial charge >= 0.3 is 0 Å². The van der Waals surface area contributed by atoms with Crippen molar-refractivity contribution in [2.75, 3.05) is 36.1 Å². The van der Waals surface area contributed by atoms with E-state index in [9.17, 15) is 14.7 Å². The van der Waals surface area contributed by atoms with Crippen molar-refractivity contribution in [1.82, 2.24) is 4.90 Å². The number of aliphatic hydroxyl groups excluding tert-OH is 1. The van der Waals surface area contributed by atoms with Crippen LogP contribution in [0.5, 0.6) is 5.75 Å². The zero-order valence-electron chi connectivity index (χ0n) is 29.6. The summed E-state index contributed by atoms with van der Waals surface area (Å²) in [6.07, 6.45) is 4.75. The standard InChI is InChI=1S/C41H49N3O6/c1-7-22-42(30-16-18-33(19-17-30)49-9-3)37(46)34-35-38(47)44(32(26-45)24-27(4)5)36(41(35)21-20-40(34,6)50-41)39(48)43(23-8-2)31-15-14-28-12-10-11-13-29(28)25-31/h7-8,10-19,25,27,32,34-36,45H,1-2,9,20-24,26H2,3-6H3/t32-,34-,35+,36?,40+,41?/m1/s1. The molecule has 3 amide bonds. The molecule has 3 saturated heterocycles. The Morgan fingerprint density at radius 3 is 2.24 bits per heavy atom. The second-order valence-corrected chi connectivity index (χ2v) is 14.4. The van der Waals surface area contributed by atoms with E-state index in [-0.39, 0.29) is 43.3 Å². The normalized spacial score (nSPS) is 25.8. The number of nitrogens with zero attached hydrogens (tertiary/aromatic N) is 3. The smallest absolute Gasteiger partial charge is 0.253 e.